The minimum atomic E-state index is -0.283. The molecule has 5 aromatic heterocycles. The Hall–Kier alpha value is -5.99. The van der Waals surface area contributed by atoms with Crippen molar-refractivity contribution in [3.05, 3.63) is 146 Å². The smallest absolute Gasteiger partial charge is 0.215 e. The summed E-state index contributed by atoms with van der Waals surface area (Å²) in [6.45, 7) is -0.562. The molecule has 13 rings (SSSR count). The summed E-state index contributed by atoms with van der Waals surface area (Å²) >= 11 is 1.47. The number of hydrogen-bond donors (Lipinski definition) is 0. The van der Waals surface area contributed by atoms with E-state index in [0.29, 0.717) is 46.1 Å². The van der Waals surface area contributed by atoms with E-state index in [1.807, 2.05) is 85.2 Å². The Morgan fingerprint density at radius 2 is 1.02 bits per heavy atom. The van der Waals surface area contributed by atoms with Gasteiger partial charge in [-0.25, -0.2) is 12.1 Å². The van der Waals surface area contributed by atoms with Gasteiger partial charge in [0, 0.05) is 89.3 Å². The molecule has 4 aromatic carbocycles. The molecule has 0 aliphatic carbocycles. The Labute approximate surface area is 370 Å². The van der Waals surface area contributed by atoms with Gasteiger partial charge in [-0.3, -0.25) is 14.7 Å². The number of nitrogens with zero attached hydrogens (tertiary/aromatic N) is 6. The summed E-state index contributed by atoms with van der Waals surface area (Å²) in [5, 5.41) is 12.3. The quantitative estimate of drug-likeness (QED) is 0.188. The first-order chi connectivity index (χ1) is 28.2. The third kappa shape index (κ3) is 5.56. The Morgan fingerprint density at radius 1 is 0.508 bits per heavy atom. The van der Waals surface area contributed by atoms with Crippen LogP contribution in [-0.4, -0.2) is 43.0 Å². The van der Waals surface area contributed by atoms with Crippen LogP contribution in [0.2, 0.25) is 0 Å². The van der Waals surface area contributed by atoms with E-state index in [1.54, 1.807) is 34.2 Å². The number of ether oxygens (including phenoxy) is 4. The van der Waals surface area contributed by atoms with Gasteiger partial charge >= 0.3 is 0 Å². The van der Waals surface area contributed by atoms with E-state index >= 15 is 0 Å². The molecule has 0 amide bonds. The zero-order chi connectivity index (χ0) is 37.2. The number of thiophene rings is 1. The van der Waals surface area contributed by atoms with Crippen LogP contribution in [0.4, 0.5) is 0 Å². The summed E-state index contributed by atoms with van der Waals surface area (Å²) < 4.78 is 29.0. The van der Waals surface area contributed by atoms with Crippen LogP contribution in [0.25, 0.3) is 32.9 Å². The van der Waals surface area contributed by atoms with E-state index in [9.17, 15) is 0 Å². The molecule has 4 aliphatic heterocycles. The summed E-state index contributed by atoms with van der Waals surface area (Å²) in [5.74, 6) is 5.24. The van der Waals surface area contributed by atoms with Gasteiger partial charge in [0.25, 0.3) is 0 Å². The fraction of sp³-hybridized carbons (Fsp3) is 0. The molecule has 286 valence electrons. The van der Waals surface area contributed by atoms with Crippen LogP contribution in [0.15, 0.2) is 110 Å². The fourth-order valence-electron chi connectivity index (χ4n) is 8.11. The number of pyridine rings is 2. The molecule has 0 radical (unpaired) electrons. The minimum absolute atomic E-state index is 0. The Kier molecular flexibility index (Phi) is 8.45. The predicted octanol–water partition coefficient (Wildman–Crippen LogP) is 4.49. The molecule has 0 saturated carbocycles. The standard InChI is InChI=1S/C44H18B2N6O4S.2Pt/c1-5-36-41-38(7-1)55-43-32(20-28(22-47-43)51-15-3-13-49-51)45(41)30-17-25(9-11-34(30)53-36)27-19-40(57-24-27)26-10-12-35-31(18-26)46-33-21-29(52-16-4-14-50-52)23-48-44(33)56-39-8-2-6-37(54-35)42(39)46;;/h1-16,22-23H;;/q-6;;. The van der Waals surface area contributed by atoms with Gasteiger partial charge in [0.15, 0.2) is 0 Å². The van der Waals surface area contributed by atoms with E-state index in [0.717, 1.165) is 65.8 Å². The molecule has 4 aliphatic rings. The van der Waals surface area contributed by atoms with Crippen molar-refractivity contribution in [3.8, 4) is 79.2 Å². The zero-order valence-corrected chi connectivity index (χ0v) is 35.3. The third-order valence-electron chi connectivity index (χ3n) is 10.6. The Balaban J connectivity index is 0.00000198. The summed E-state index contributed by atoms with van der Waals surface area (Å²) in [7, 11) is 0. The molecular weight excluding hydrogens is 1120 g/mol. The van der Waals surface area contributed by atoms with E-state index in [1.165, 1.54) is 11.3 Å². The normalized spacial score (nSPS) is 12.9. The van der Waals surface area contributed by atoms with Gasteiger partial charge < -0.3 is 57.4 Å². The summed E-state index contributed by atoms with van der Waals surface area (Å²) in [4.78, 5) is 10.3. The topological polar surface area (TPSA) is 98.3 Å². The van der Waals surface area contributed by atoms with Gasteiger partial charge in [0.05, 0.1) is 11.8 Å². The van der Waals surface area contributed by atoms with Crippen LogP contribution in [0.1, 0.15) is 0 Å². The van der Waals surface area contributed by atoms with Gasteiger partial charge in [-0.05, 0) is 47.8 Å². The van der Waals surface area contributed by atoms with E-state index < -0.39 is 0 Å². The summed E-state index contributed by atoms with van der Waals surface area (Å²) in [5.41, 5.74) is 9.01. The van der Waals surface area contributed by atoms with E-state index in [4.69, 9.17) is 28.9 Å². The second-order valence-electron chi connectivity index (χ2n) is 13.8. The van der Waals surface area contributed by atoms with Crippen molar-refractivity contribution >= 4 is 57.5 Å². The van der Waals surface area contributed by atoms with Crippen LogP contribution in [-0.2, 0) is 42.1 Å². The van der Waals surface area contributed by atoms with Crippen molar-refractivity contribution < 1.29 is 61.1 Å². The number of hydrogen-bond acceptors (Lipinski definition) is 9. The van der Waals surface area contributed by atoms with Gasteiger partial charge in [-0.1, -0.05) is 24.5 Å². The molecule has 0 N–H and O–H groups in total. The molecule has 9 aromatic rings. The Bertz CT molecular complexity index is 2910. The molecule has 0 spiro atoms. The number of aromatic nitrogens is 6. The minimum Gasteiger partial charge on any atom is -0.503 e. The predicted molar refractivity (Wildman–Crippen MR) is 213 cm³/mol. The summed E-state index contributed by atoms with van der Waals surface area (Å²) in [6, 6.07) is 41.5. The first kappa shape index (κ1) is 36.1. The number of fused-ring (bicyclic) bond motifs is 8. The van der Waals surface area contributed by atoms with Crippen molar-refractivity contribution in [2.45, 2.75) is 0 Å². The first-order valence-corrected chi connectivity index (χ1v) is 18.9. The van der Waals surface area contributed by atoms with Gasteiger partial charge in [-0.15, -0.1) is 46.1 Å². The van der Waals surface area contributed by atoms with Crippen LogP contribution < -0.4 is 51.7 Å². The van der Waals surface area contributed by atoms with Crippen molar-refractivity contribution in [2.75, 3.05) is 0 Å². The van der Waals surface area contributed by atoms with Crippen LogP contribution in [0.3, 0.4) is 0 Å². The average molecular weight is 1140 g/mol. The molecule has 0 atom stereocenters. The van der Waals surface area contributed by atoms with Crippen molar-refractivity contribution in [2.24, 2.45) is 0 Å². The van der Waals surface area contributed by atoms with Gasteiger partial charge in [0.1, 0.15) is 23.0 Å². The maximum Gasteiger partial charge on any atom is 0.215 e. The van der Waals surface area contributed by atoms with E-state index in [-0.39, 0.29) is 55.6 Å². The SMILES string of the molecule is [Pt].[Pt].[c-]1sc(-c2[c-]c3c(cc2)Oc2cccc4c2B3c2[c-]c(-n3cccn3)cnc2O4)[c-]c1-c1[c-]c2c(cc1)Oc1cccc3c1B2c1[c-]c(-n2cccn2)cnc1O3. The maximum absolute atomic E-state index is 6.46. The third-order valence-corrected chi connectivity index (χ3v) is 11.4. The van der Waals surface area contributed by atoms with Gasteiger partial charge in [0.2, 0.25) is 13.4 Å². The molecular formula is C44H18B2N6O4Pt2S-6. The number of benzene rings is 4. The van der Waals surface area contributed by atoms with Crippen molar-refractivity contribution in [3.63, 3.8) is 0 Å². The average Bonchev–Trinajstić information content (AvgIpc) is 4.08. The molecule has 0 fully saturated rings. The number of rotatable bonds is 4. The van der Waals surface area contributed by atoms with Crippen LogP contribution in [0, 0.1) is 35.7 Å². The molecule has 15 heteroatoms. The molecule has 10 nitrogen and oxygen atoms in total. The largest absolute Gasteiger partial charge is 0.503 e. The van der Waals surface area contributed by atoms with Crippen molar-refractivity contribution in [1.82, 2.24) is 29.5 Å². The Morgan fingerprint density at radius 3 is 1.54 bits per heavy atom. The molecule has 0 saturated heterocycles. The second kappa shape index (κ2) is 13.8. The first-order valence-electron chi connectivity index (χ1n) is 18.1. The zero-order valence-electron chi connectivity index (χ0n) is 29.9. The van der Waals surface area contributed by atoms with Crippen molar-refractivity contribution in [1.29, 1.82) is 0 Å². The summed E-state index contributed by atoms with van der Waals surface area (Å²) in [6.07, 6.45) is 10.6. The molecule has 0 bridgehead atoms. The molecule has 59 heavy (non-hydrogen) atoms. The maximum atomic E-state index is 6.46. The van der Waals surface area contributed by atoms with E-state index in [2.05, 4.69) is 45.9 Å². The van der Waals surface area contributed by atoms with Crippen LogP contribution in [0.5, 0.6) is 46.3 Å². The molecule has 0 unspecified atom stereocenters. The fourth-order valence-corrected chi connectivity index (χ4v) is 8.86. The second-order valence-corrected chi connectivity index (χ2v) is 14.6. The van der Waals surface area contributed by atoms with Gasteiger partial charge in [-0.2, -0.15) is 32.8 Å². The monoisotopic (exact) mass is 1140 g/mol. The molecule has 9 heterocycles. The van der Waals surface area contributed by atoms with Crippen LogP contribution >= 0.6 is 11.3 Å².